The lowest BCUT2D eigenvalue weighted by molar-refractivity contribution is 0.591. The molecule has 18 heavy (non-hydrogen) atoms. The lowest BCUT2D eigenvalue weighted by Gasteiger charge is -2.33. The number of nitrogens with two attached hydrogens (primary N) is 1. The van der Waals surface area contributed by atoms with Crippen LogP contribution >= 0.6 is 23.4 Å². The maximum absolute atomic E-state index is 6.37. The van der Waals surface area contributed by atoms with E-state index in [4.69, 9.17) is 17.3 Å². The molecule has 4 heteroatoms. The summed E-state index contributed by atoms with van der Waals surface area (Å²) in [5.74, 6) is 0. The van der Waals surface area contributed by atoms with E-state index in [1.807, 2.05) is 24.8 Å². The summed E-state index contributed by atoms with van der Waals surface area (Å²) in [6.45, 7) is 4.18. The molecule has 0 radical (unpaired) electrons. The first kappa shape index (κ1) is 14.0. The molecule has 1 aromatic carbocycles. The number of hydrogen-bond donors (Lipinski definition) is 1. The van der Waals surface area contributed by atoms with Crippen LogP contribution in [-0.2, 0) is 0 Å². The molecule has 1 aliphatic rings. The molecule has 2 N–H and O–H groups in total. The van der Waals surface area contributed by atoms with E-state index >= 15 is 0 Å². The van der Waals surface area contributed by atoms with Crippen molar-refractivity contribution in [2.75, 3.05) is 24.2 Å². The van der Waals surface area contributed by atoms with Crippen molar-refractivity contribution in [1.82, 2.24) is 0 Å². The van der Waals surface area contributed by atoms with Crippen molar-refractivity contribution >= 4 is 29.1 Å². The number of benzene rings is 1. The van der Waals surface area contributed by atoms with Crippen molar-refractivity contribution in [3.63, 3.8) is 0 Å². The highest BCUT2D eigenvalue weighted by Crippen LogP contribution is 2.32. The van der Waals surface area contributed by atoms with E-state index in [9.17, 15) is 0 Å². The molecular formula is C14H21ClN2S. The summed E-state index contributed by atoms with van der Waals surface area (Å²) < 4.78 is 0. The van der Waals surface area contributed by atoms with Gasteiger partial charge in [-0.3, -0.25) is 0 Å². The molecule has 0 aliphatic carbocycles. The van der Waals surface area contributed by atoms with Crippen molar-refractivity contribution in [3.05, 3.63) is 28.8 Å². The van der Waals surface area contributed by atoms with Gasteiger partial charge >= 0.3 is 0 Å². The van der Waals surface area contributed by atoms with Crippen LogP contribution in [0.25, 0.3) is 0 Å². The van der Waals surface area contributed by atoms with Crippen LogP contribution in [0.2, 0.25) is 5.02 Å². The van der Waals surface area contributed by atoms with Gasteiger partial charge < -0.3 is 10.6 Å². The molecule has 100 valence electrons. The topological polar surface area (TPSA) is 29.3 Å². The molecule has 0 bridgehead atoms. The number of anilines is 1. The third kappa shape index (κ3) is 3.14. The van der Waals surface area contributed by atoms with E-state index in [0.29, 0.717) is 0 Å². The van der Waals surface area contributed by atoms with Crippen molar-refractivity contribution in [1.29, 1.82) is 0 Å². The van der Waals surface area contributed by atoms with Crippen LogP contribution in [0.3, 0.4) is 0 Å². The number of thioether (sulfide) groups is 1. The zero-order valence-corrected chi connectivity index (χ0v) is 12.6. The smallest absolute Gasteiger partial charge is 0.0642 e. The van der Waals surface area contributed by atoms with Crippen molar-refractivity contribution in [3.8, 4) is 0 Å². The summed E-state index contributed by atoms with van der Waals surface area (Å²) >= 11 is 8.35. The van der Waals surface area contributed by atoms with E-state index in [0.717, 1.165) is 34.6 Å². The minimum Gasteiger partial charge on any atom is -0.370 e. The lowest BCUT2D eigenvalue weighted by Crippen LogP contribution is -2.34. The number of rotatable bonds is 3. The average molecular weight is 285 g/mol. The van der Waals surface area contributed by atoms with Gasteiger partial charge in [0.1, 0.15) is 0 Å². The molecule has 1 fully saturated rings. The van der Waals surface area contributed by atoms with Gasteiger partial charge in [0.25, 0.3) is 0 Å². The van der Waals surface area contributed by atoms with Gasteiger partial charge in [-0.05, 0) is 43.7 Å². The summed E-state index contributed by atoms with van der Waals surface area (Å²) in [5, 5.41) is 1.63. The monoisotopic (exact) mass is 284 g/mol. The van der Waals surface area contributed by atoms with Crippen LogP contribution in [-0.4, -0.2) is 24.6 Å². The number of nitrogens with zero attached hydrogens (tertiary/aromatic N) is 1. The highest BCUT2D eigenvalue weighted by atomic mass is 35.5. The number of piperidine rings is 1. The number of hydrogen-bond acceptors (Lipinski definition) is 3. The molecule has 1 aromatic rings. The largest absolute Gasteiger partial charge is 0.370 e. The fourth-order valence-corrected chi connectivity index (χ4v) is 3.39. The summed E-state index contributed by atoms with van der Waals surface area (Å²) in [6.07, 6.45) is 4.68. The summed E-state index contributed by atoms with van der Waals surface area (Å²) in [6, 6.07) is 6.24. The Morgan fingerprint density at radius 2 is 2.06 bits per heavy atom. The first-order valence-corrected chi connectivity index (χ1v) is 8.11. The van der Waals surface area contributed by atoms with E-state index in [1.54, 1.807) is 0 Å². The second kappa shape index (κ2) is 6.18. The third-order valence-electron chi connectivity index (χ3n) is 3.61. The van der Waals surface area contributed by atoms with Gasteiger partial charge in [0.05, 0.1) is 10.7 Å². The summed E-state index contributed by atoms with van der Waals surface area (Å²) in [4.78, 5) is 2.39. The fourth-order valence-electron chi connectivity index (χ4n) is 2.40. The normalized spacial score (nSPS) is 19.0. The number of halogens is 1. The van der Waals surface area contributed by atoms with Gasteiger partial charge in [0.2, 0.25) is 0 Å². The van der Waals surface area contributed by atoms with Crippen LogP contribution in [0, 0.1) is 0 Å². The van der Waals surface area contributed by atoms with Gasteiger partial charge in [-0.1, -0.05) is 17.7 Å². The molecule has 1 saturated heterocycles. The van der Waals surface area contributed by atoms with E-state index in [1.165, 1.54) is 12.8 Å². The second-order valence-electron chi connectivity index (χ2n) is 4.92. The maximum Gasteiger partial charge on any atom is 0.0642 e. The first-order chi connectivity index (χ1) is 8.61. The Hall–Kier alpha value is -0.380. The Morgan fingerprint density at radius 1 is 1.39 bits per heavy atom. The molecule has 1 aliphatic heterocycles. The molecular weight excluding hydrogens is 264 g/mol. The Labute approximate surface area is 119 Å². The van der Waals surface area contributed by atoms with Gasteiger partial charge in [-0.15, -0.1) is 0 Å². The zero-order valence-electron chi connectivity index (χ0n) is 11.0. The highest BCUT2D eigenvalue weighted by Gasteiger charge is 2.20. The summed E-state index contributed by atoms with van der Waals surface area (Å²) in [7, 11) is 0. The molecule has 0 unspecified atom stereocenters. The molecule has 0 spiro atoms. The SMILES string of the molecule is CSC1CCN(c2ccc([C@@H](C)N)cc2Cl)CC1. The predicted octanol–water partition coefficient (Wildman–Crippen LogP) is 3.69. The van der Waals surface area contributed by atoms with Crippen LogP contribution in [0.15, 0.2) is 18.2 Å². The van der Waals surface area contributed by atoms with Crippen LogP contribution in [0.1, 0.15) is 31.4 Å². The lowest BCUT2D eigenvalue weighted by atomic mass is 10.1. The molecule has 2 rings (SSSR count). The minimum atomic E-state index is 0.0405. The minimum absolute atomic E-state index is 0.0405. The van der Waals surface area contributed by atoms with Crippen LogP contribution < -0.4 is 10.6 Å². The molecule has 0 saturated carbocycles. The first-order valence-electron chi connectivity index (χ1n) is 6.44. The van der Waals surface area contributed by atoms with Crippen LogP contribution in [0.5, 0.6) is 0 Å². The molecule has 1 atom stereocenters. The third-order valence-corrected chi connectivity index (χ3v) is 5.05. The van der Waals surface area contributed by atoms with E-state index in [-0.39, 0.29) is 6.04 Å². The Balaban J connectivity index is 2.10. The Kier molecular flexibility index (Phi) is 4.82. The highest BCUT2D eigenvalue weighted by molar-refractivity contribution is 7.99. The average Bonchev–Trinajstić information content (AvgIpc) is 2.38. The Morgan fingerprint density at radius 3 is 2.56 bits per heavy atom. The molecule has 2 nitrogen and oxygen atoms in total. The standard InChI is InChI=1S/C14H21ClN2S/c1-10(16)11-3-4-14(13(15)9-11)17-7-5-12(18-2)6-8-17/h3-4,9-10,12H,5-8,16H2,1-2H3/t10-/m1/s1. The summed E-state index contributed by atoms with van der Waals surface area (Å²) in [5.41, 5.74) is 8.13. The van der Waals surface area contributed by atoms with Crippen molar-refractivity contribution < 1.29 is 0 Å². The van der Waals surface area contributed by atoms with Gasteiger partial charge in [0.15, 0.2) is 0 Å². The van der Waals surface area contributed by atoms with Gasteiger partial charge in [0, 0.05) is 24.4 Å². The second-order valence-corrected chi connectivity index (χ2v) is 6.47. The van der Waals surface area contributed by atoms with Gasteiger partial charge in [-0.2, -0.15) is 11.8 Å². The quantitative estimate of drug-likeness (QED) is 0.918. The van der Waals surface area contributed by atoms with Crippen molar-refractivity contribution in [2.24, 2.45) is 5.73 Å². The molecule has 0 amide bonds. The van der Waals surface area contributed by atoms with E-state index < -0.39 is 0 Å². The van der Waals surface area contributed by atoms with Crippen LogP contribution in [0.4, 0.5) is 5.69 Å². The van der Waals surface area contributed by atoms with E-state index in [2.05, 4.69) is 23.3 Å². The molecule has 0 aromatic heterocycles. The van der Waals surface area contributed by atoms with Gasteiger partial charge in [-0.25, -0.2) is 0 Å². The van der Waals surface area contributed by atoms with Crippen molar-refractivity contribution in [2.45, 2.75) is 31.1 Å². The zero-order chi connectivity index (χ0) is 13.1. The predicted molar refractivity (Wildman–Crippen MR) is 82.8 cm³/mol. The fraction of sp³-hybridized carbons (Fsp3) is 0.571. The Bertz CT molecular complexity index is 401. The maximum atomic E-state index is 6.37. The molecule has 1 heterocycles.